The van der Waals surface area contributed by atoms with Gasteiger partial charge in [0, 0.05) is 44.3 Å². The highest BCUT2D eigenvalue weighted by Crippen LogP contribution is 2.24. The van der Waals surface area contributed by atoms with Crippen molar-refractivity contribution in [2.45, 2.75) is 6.54 Å². The molecule has 19 heavy (non-hydrogen) atoms. The topological polar surface area (TPSA) is 37.4 Å². The Morgan fingerprint density at radius 2 is 2.11 bits per heavy atom. The Morgan fingerprint density at radius 1 is 1.26 bits per heavy atom. The van der Waals surface area contributed by atoms with Crippen LogP contribution in [-0.4, -0.2) is 43.2 Å². The van der Waals surface area contributed by atoms with Crippen LogP contribution in [0.1, 0.15) is 5.56 Å². The first kappa shape index (κ1) is 12.4. The third kappa shape index (κ3) is 2.69. The van der Waals surface area contributed by atoms with Crippen LogP contribution in [0.2, 0.25) is 0 Å². The summed E-state index contributed by atoms with van der Waals surface area (Å²) < 4.78 is 5.29. The average Bonchev–Trinajstić information content (AvgIpc) is 2.47. The molecule has 1 aromatic carbocycles. The number of nitrogens with zero attached hydrogens (tertiary/aromatic N) is 2. The van der Waals surface area contributed by atoms with Gasteiger partial charge in [-0.15, -0.1) is 0 Å². The van der Waals surface area contributed by atoms with Crippen LogP contribution < -0.4 is 10.1 Å². The summed E-state index contributed by atoms with van der Waals surface area (Å²) in [4.78, 5) is 6.71. The smallest absolute Gasteiger partial charge is 0.221 e. The van der Waals surface area contributed by atoms with Crippen molar-refractivity contribution in [1.82, 2.24) is 15.2 Å². The molecule has 0 amide bonds. The molecule has 0 saturated carbocycles. The van der Waals surface area contributed by atoms with Gasteiger partial charge in [0.25, 0.3) is 0 Å². The van der Waals surface area contributed by atoms with Crippen molar-refractivity contribution >= 4 is 10.8 Å². The first-order valence-electron chi connectivity index (χ1n) is 6.71. The summed E-state index contributed by atoms with van der Waals surface area (Å²) in [5.41, 5.74) is 1.35. The molecule has 0 atom stereocenters. The van der Waals surface area contributed by atoms with E-state index in [1.165, 1.54) is 10.9 Å². The van der Waals surface area contributed by atoms with Crippen molar-refractivity contribution in [1.29, 1.82) is 0 Å². The lowest BCUT2D eigenvalue weighted by Gasteiger charge is -2.27. The minimum Gasteiger partial charge on any atom is -0.481 e. The summed E-state index contributed by atoms with van der Waals surface area (Å²) >= 11 is 0. The third-order valence-electron chi connectivity index (χ3n) is 3.60. The van der Waals surface area contributed by atoms with Crippen LogP contribution in [0.15, 0.2) is 30.5 Å². The fourth-order valence-corrected chi connectivity index (χ4v) is 2.59. The Morgan fingerprint density at radius 3 is 2.89 bits per heavy atom. The van der Waals surface area contributed by atoms with Crippen LogP contribution >= 0.6 is 0 Å². The van der Waals surface area contributed by atoms with Crippen LogP contribution in [0.4, 0.5) is 0 Å². The quantitative estimate of drug-likeness (QED) is 0.907. The molecular weight excluding hydrogens is 238 g/mol. The Hall–Kier alpha value is -1.65. The lowest BCUT2D eigenvalue weighted by atomic mass is 10.1. The molecule has 100 valence electrons. The van der Waals surface area contributed by atoms with Crippen LogP contribution in [0.3, 0.4) is 0 Å². The van der Waals surface area contributed by atoms with Gasteiger partial charge in [-0.25, -0.2) is 4.98 Å². The summed E-state index contributed by atoms with van der Waals surface area (Å²) in [5.74, 6) is 0.700. The van der Waals surface area contributed by atoms with Crippen molar-refractivity contribution < 1.29 is 4.74 Å². The second-order valence-corrected chi connectivity index (χ2v) is 4.90. The van der Waals surface area contributed by atoms with Crippen molar-refractivity contribution in [2.75, 3.05) is 33.3 Å². The van der Waals surface area contributed by atoms with Crippen molar-refractivity contribution in [3.63, 3.8) is 0 Å². The number of hydrogen-bond acceptors (Lipinski definition) is 4. The van der Waals surface area contributed by atoms with Gasteiger partial charge in [0.15, 0.2) is 0 Å². The lowest BCUT2D eigenvalue weighted by Crippen LogP contribution is -2.42. The number of hydrogen-bond donors (Lipinski definition) is 1. The molecule has 0 bridgehead atoms. The number of benzene rings is 1. The molecule has 4 heteroatoms. The van der Waals surface area contributed by atoms with E-state index >= 15 is 0 Å². The van der Waals surface area contributed by atoms with E-state index in [0.29, 0.717) is 5.88 Å². The minimum atomic E-state index is 0.700. The largest absolute Gasteiger partial charge is 0.481 e. The summed E-state index contributed by atoms with van der Waals surface area (Å²) in [6.45, 7) is 5.44. The van der Waals surface area contributed by atoms with E-state index in [1.807, 2.05) is 6.07 Å². The molecule has 2 heterocycles. The van der Waals surface area contributed by atoms with Crippen LogP contribution in [0.5, 0.6) is 5.88 Å². The zero-order valence-electron chi connectivity index (χ0n) is 11.2. The molecule has 1 aromatic heterocycles. The van der Waals surface area contributed by atoms with E-state index in [1.54, 1.807) is 13.3 Å². The number of aromatic nitrogens is 1. The number of piperazine rings is 1. The summed E-state index contributed by atoms with van der Waals surface area (Å²) in [6, 6.07) is 8.56. The lowest BCUT2D eigenvalue weighted by molar-refractivity contribution is 0.233. The van der Waals surface area contributed by atoms with E-state index in [4.69, 9.17) is 4.74 Å². The summed E-state index contributed by atoms with van der Waals surface area (Å²) in [5, 5.41) is 5.65. The maximum atomic E-state index is 5.29. The maximum absolute atomic E-state index is 5.29. The Bertz CT molecular complexity index is 564. The van der Waals surface area contributed by atoms with Crippen molar-refractivity contribution in [2.24, 2.45) is 0 Å². The van der Waals surface area contributed by atoms with Gasteiger partial charge in [-0.2, -0.15) is 0 Å². The highest BCUT2D eigenvalue weighted by molar-refractivity contribution is 5.87. The van der Waals surface area contributed by atoms with E-state index in [2.05, 4.69) is 33.4 Å². The van der Waals surface area contributed by atoms with Gasteiger partial charge in [-0.1, -0.05) is 6.07 Å². The van der Waals surface area contributed by atoms with Crippen molar-refractivity contribution in [3.05, 3.63) is 36.0 Å². The Kier molecular flexibility index (Phi) is 3.62. The monoisotopic (exact) mass is 257 g/mol. The molecule has 1 saturated heterocycles. The standard InChI is InChI=1S/C15H19N3O/c1-19-15-14-3-2-12(10-13(14)4-5-17-15)11-18-8-6-16-7-9-18/h2-5,10,16H,6-9,11H2,1H3. The van der Waals surface area contributed by atoms with Gasteiger partial charge in [0.1, 0.15) is 0 Å². The molecule has 1 aliphatic rings. The summed E-state index contributed by atoms with van der Waals surface area (Å²) in [6.07, 6.45) is 1.80. The van der Waals surface area contributed by atoms with Gasteiger partial charge in [0.05, 0.1) is 7.11 Å². The molecule has 0 unspecified atom stereocenters. The highest BCUT2D eigenvalue weighted by Gasteiger charge is 2.10. The van der Waals surface area contributed by atoms with E-state index in [-0.39, 0.29) is 0 Å². The highest BCUT2D eigenvalue weighted by atomic mass is 16.5. The van der Waals surface area contributed by atoms with Crippen molar-refractivity contribution in [3.8, 4) is 5.88 Å². The molecule has 0 radical (unpaired) electrons. The second-order valence-electron chi connectivity index (χ2n) is 4.90. The number of methoxy groups -OCH3 is 1. The predicted molar refractivity (Wildman–Crippen MR) is 76.4 cm³/mol. The fourth-order valence-electron chi connectivity index (χ4n) is 2.59. The van der Waals surface area contributed by atoms with Gasteiger partial charge in [-0.05, 0) is 29.1 Å². The normalized spacial score (nSPS) is 16.7. The number of pyridine rings is 1. The number of nitrogens with one attached hydrogen (secondary N) is 1. The van der Waals surface area contributed by atoms with E-state index in [0.717, 1.165) is 38.1 Å². The van der Waals surface area contributed by atoms with E-state index in [9.17, 15) is 0 Å². The molecule has 3 rings (SSSR count). The molecule has 0 spiro atoms. The molecule has 1 aliphatic heterocycles. The van der Waals surface area contributed by atoms with Crippen LogP contribution in [0.25, 0.3) is 10.8 Å². The molecule has 1 N–H and O–H groups in total. The first-order chi connectivity index (χ1) is 9.36. The van der Waals surface area contributed by atoms with Gasteiger partial charge < -0.3 is 10.1 Å². The minimum absolute atomic E-state index is 0.700. The zero-order valence-corrected chi connectivity index (χ0v) is 11.2. The van der Waals surface area contributed by atoms with Crippen LogP contribution in [-0.2, 0) is 6.54 Å². The van der Waals surface area contributed by atoms with Crippen LogP contribution in [0, 0.1) is 0 Å². The second kappa shape index (κ2) is 5.55. The van der Waals surface area contributed by atoms with E-state index < -0.39 is 0 Å². The molecule has 0 aliphatic carbocycles. The number of ether oxygens (including phenoxy) is 1. The Balaban J connectivity index is 1.85. The average molecular weight is 257 g/mol. The molecule has 1 fully saturated rings. The first-order valence-corrected chi connectivity index (χ1v) is 6.71. The molecular formula is C15H19N3O. The predicted octanol–water partition coefficient (Wildman–Crippen LogP) is 1.65. The maximum Gasteiger partial charge on any atom is 0.221 e. The number of fused-ring (bicyclic) bond motifs is 1. The fraction of sp³-hybridized carbons (Fsp3) is 0.400. The van der Waals surface area contributed by atoms with Gasteiger partial charge in [0.2, 0.25) is 5.88 Å². The zero-order chi connectivity index (χ0) is 13.1. The summed E-state index contributed by atoms with van der Waals surface area (Å²) in [7, 11) is 1.66. The number of rotatable bonds is 3. The third-order valence-corrected chi connectivity index (χ3v) is 3.60. The van der Waals surface area contributed by atoms with Gasteiger partial charge >= 0.3 is 0 Å². The Labute approximate surface area is 113 Å². The SMILES string of the molecule is COc1nccc2cc(CN3CCNCC3)ccc12. The molecule has 4 nitrogen and oxygen atoms in total. The molecule has 2 aromatic rings. The van der Waals surface area contributed by atoms with Gasteiger partial charge in [-0.3, -0.25) is 4.90 Å².